The molecule has 456 valence electrons. The Labute approximate surface area is 491 Å². The first-order valence-corrected chi connectivity index (χ1v) is 29.5. The lowest BCUT2D eigenvalue weighted by Crippen LogP contribution is -2.64. The summed E-state index contributed by atoms with van der Waals surface area (Å²) in [5.41, 5.74) is 4.94. The maximum atomic E-state index is 14.8. The lowest BCUT2D eigenvalue weighted by Gasteiger charge is -2.47. The molecule has 0 aromatic heterocycles. The van der Waals surface area contributed by atoms with Gasteiger partial charge in [0.05, 0.1) is 49.2 Å². The molecule has 14 atom stereocenters. The third kappa shape index (κ3) is 14.2. The summed E-state index contributed by atoms with van der Waals surface area (Å²) in [5.74, 6) is -8.96. The number of aliphatic hydroxyl groups excluding tert-OH is 2. The molecule has 2 aromatic rings. The predicted molar refractivity (Wildman–Crippen MR) is 312 cm³/mol. The highest BCUT2D eigenvalue weighted by Crippen LogP contribution is 2.44. The number of rotatable bonds is 11. The maximum absolute atomic E-state index is 14.8. The Morgan fingerprint density at radius 1 is 0.845 bits per heavy atom. The molecule has 1 saturated carbocycles. The van der Waals surface area contributed by atoms with Crippen LogP contribution in [0.25, 0.3) is 33.4 Å². The molecule has 6 aliphatic rings. The van der Waals surface area contributed by atoms with E-state index >= 15 is 0 Å². The summed E-state index contributed by atoms with van der Waals surface area (Å²) < 4.78 is 42.2. The van der Waals surface area contributed by atoms with E-state index < -0.39 is 96.1 Å². The Kier molecular flexibility index (Phi) is 21.1. The number of nitrogens with one attached hydrogen (secondary N) is 1. The SMILES string of the molecule is COC1CC(/C=C(\C)[C@H]2OC(=O)C3CCCCN3C(=O)C(=O)C3(O)O[C@@H](C(OC)CC3C)[C@@H](OC)C[C@@H](C)C/C(C)=C/[C@@H](CCOC(=O)NCc3c(O)ccc4c(-c5ccccc5C)c5ccc(=O)cc-5oc34)C(=O)CC(O)[C@H]2C)CC[C@H]1O. The second kappa shape index (κ2) is 27.8. The van der Waals surface area contributed by atoms with Gasteiger partial charge in [0.15, 0.2) is 5.43 Å². The summed E-state index contributed by atoms with van der Waals surface area (Å²) in [7, 11) is 4.51. The number of aryl methyl sites for hydroxylation is 1. The molecule has 2 bridgehead atoms. The number of cyclic esters (lactones) is 1. The number of hydrogen-bond acceptors (Lipinski definition) is 17. The number of aromatic hydroxyl groups is 1. The van der Waals surface area contributed by atoms with Crippen molar-refractivity contribution in [3.63, 3.8) is 0 Å². The van der Waals surface area contributed by atoms with Gasteiger partial charge >= 0.3 is 12.1 Å². The molecule has 4 aliphatic heterocycles. The molecule has 7 unspecified atom stereocenters. The fraction of sp³-hybridized carbons (Fsp3) is 0.569. The number of allylic oxidation sites excluding steroid dienone is 3. The van der Waals surface area contributed by atoms with E-state index in [1.165, 1.54) is 39.5 Å². The molecule has 19 nitrogen and oxygen atoms in total. The molecule has 3 fully saturated rings. The van der Waals surface area contributed by atoms with Gasteiger partial charge in [-0.3, -0.25) is 19.2 Å². The number of methoxy groups -OCH3 is 3. The number of benzene rings is 3. The van der Waals surface area contributed by atoms with Gasteiger partial charge < -0.3 is 63.5 Å². The van der Waals surface area contributed by atoms with Crippen molar-refractivity contribution in [1.29, 1.82) is 0 Å². The van der Waals surface area contributed by atoms with E-state index in [2.05, 4.69) is 5.32 Å². The van der Waals surface area contributed by atoms with Crippen molar-refractivity contribution in [3.05, 3.63) is 99.2 Å². The van der Waals surface area contributed by atoms with Crippen LogP contribution in [-0.2, 0) is 54.1 Å². The van der Waals surface area contributed by atoms with Crippen LogP contribution in [-0.4, -0.2) is 144 Å². The third-order valence-corrected chi connectivity index (χ3v) is 17.9. The highest BCUT2D eigenvalue weighted by atomic mass is 16.7. The molecule has 0 radical (unpaired) electrons. The van der Waals surface area contributed by atoms with Crippen LogP contribution in [0.4, 0.5) is 4.79 Å². The molecule has 4 heterocycles. The lowest BCUT2D eigenvalue weighted by molar-refractivity contribution is -0.302. The van der Waals surface area contributed by atoms with Gasteiger partial charge in [-0.15, -0.1) is 0 Å². The van der Waals surface area contributed by atoms with Gasteiger partial charge in [0.25, 0.3) is 11.7 Å². The molecular formula is C65H84N2O17. The van der Waals surface area contributed by atoms with E-state index in [9.17, 15) is 49.2 Å². The molecule has 5 N–H and O–H groups in total. The fourth-order valence-corrected chi connectivity index (χ4v) is 13.1. The van der Waals surface area contributed by atoms with Gasteiger partial charge in [-0.1, -0.05) is 62.8 Å². The van der Waals surface area contributed by atoms with E-state index in [1.807, 2.05) is 51.1 Å². The van der Waals surface area contributed by atoms with E-state index in [0.29, 0.717) is 67.2 Å². The van der Waals surface area contributed by atoms with E-state index in [1.54, 1.807) is 39.0 Å². The Balaban J connectivity index is 1.08. The molecule has 2 aliphatic carbocycles. The van der Waals surface area contributed by atoms with Crippen molar-refractivity contribution in [2.75, 3.05) is 34.5 Å². The molecule has 84 heavy (non-hydrogen) atoms. The second-order valence-corrected chi connectivity index (χ2v) is 23.9. The van der Waals surface area contributed by atoms with Crippen molar-refractivity contribution in [1.82, 2.24) is 10.2 Å². The zero-order valence-corrected chi connectivity index (χ0v) is 49.8. The van der Waals surface area contributed by atoms with Crippen LogP contribution in [0.5, 0.6) is 5.75 Å². The number of ketones is 2. The minimum absolute atomic E-state index is 0.00520. The summed E-state index contributed by atoms with van der Waals surface area (Å²) in [6.07, 6.45) is 0.0838. The Hall–Kier alpha value is -6.32. The Bertz CT molecular complexity index is 3110. The normalized spacial score (nSPS) is 31.6. The van der Waals surface area contributed by atoms with E-state index in [0.717, 1.165) is 27.2 Å². The quantitative estimate of drug-likeness (QED) is 0.0409. The number of aliphatic hydroxyl groups is 3. The van der Waals surface area contributed by atoms with Gasteiger partial charge in [0, 0.05) is 74.6 Å². The zero-order chi connectivity index (χ0) is 60.7. The van der Waals surface area contributed by atoms with Crippen LogP contribution in [0, 0.1) is 36.5 Å². The van der Waals surface area contributed by atoms with E-state index in [4.69, 9.17) is 32.8 Å². The zero-order valence-electron chi connectivity index (χ0n) is 49.8. The monoisotopic (exact) mass is 1160 g/mol. The molecule has 2 aromatic carbocycles. The molecule has 0 spiro atoms. The second-order valence-electron chi connectivity index (χ2n) is 23.9. The van der Waals surface area contributed by atoms with Gasteiger partial charge in [0.1, 0.15) is 41.1 Å². The lowest BCUT2D eigenvalue weighted by atomic mass is 9.81. The summed E-state index contributed by atoms with van der Waals surface area (Å²) in [4.78, 5) is 85.7. The van der Waals surface area contributed by atoms with Gasteiger partial charge in [-0.2, -0.15) is 0 Å². The van der Waals surface area contributed by atoms with E-state index in [-0.39, 0.29) is 85.3 Å². The molecule has 2 amide bonds. The first kappa shape index (κ1) is 63.7. The van der Waals surface area contributed by atoms with Gasteiger partial charge in [-0.25, -0.2) is 9.59 Å². The molecule has 8 rings (SSSR count). The van der Waals surface area contributed by atoms with Gasteiger partial charge in [-0.05, 0) is 138 Å². The number of phenols is 1. The minimum atomic E-state index is -2.60. The summed E-state index contributed by atoms with van der Waals surface area (Å²) in [5, 5.41) is 49.6. The topological polar surface area (TPSA) is 267 Å². The smallest absolute Gasteiger partial charge is 0.407 e. The Morgan fingerprint density at radius 3 is 2.30 bits per heavy atom. The molecule has 2 saturated heterocycles. The number of nitrogens with zero attached hydrogens (tertiary/aromatic N) is 1. The summed E-state index contributed by atoms with van der Waals surface area (Å²) in [6.45, 7) is 10.4. The molecule has 19 heteroatoms. The number of esters is 1. The number of piperidine rings is 1. The van der Waals surface area contributed by atoms with Crippen molar-refractivity contribution in [2.24, 2.45) is 29.6 Å². The Morgan fingerprint density at radius 2 is 1.57 bits per heavy atom. The molecular weight excluding hydrogens is 1080 g/mol. The summed E-state index contributed by atoms with van der Waals surface area (Å²) in [6, 6.07) is 14.3. The fourth-order valence-electron chi connectivity index (χ4n) is 13.1. The van der Waals surface area contributed by atoms with Crippen LogP contribution < -0.4 is 10.7 Å². The number of phenolic OH excluding ortho intramolecular Hbond substituents is 1. The summed E-state index contributed by atoms with van der Waals surface area (Å²) >= 11 is 0. The number of hydrogen-bond donors (Lipinski definition) is 5. The number of Topliss-reactive ketones (excluding diaryl/α,β-unsaturated/α-hetero) is 2. The van der Waals surface area contributed by atoms with Gasteiger partial charge in [0.2, 0.25) is 5.79 Å². The first-order chi connectivity index (χ1) is 40.1. The van der Waals surface area contributed by atoms with Crippen LogP contribution in [0.15, 0.2) is 87.1 Å². The van der Waals surface area contributed by atoms with Crippen molar-refractivity contribution in [2.45, 2.75) is 173 Å². The van der Waals surface area contributed by atoms with Crippen LogP contribution >= 0.6 is 0 Å². The number of carbonyl (C=O) groups is 5. The number of fused-ring (bicyclic) bond motifs is 5. The highest BCUT2D eigenvalue weighted by Gasteiger charge is 2.57. The minimum Gasteiger partial charge on any atom is -0.507 e. The number of alkyl carbamates (subject to hydrolysis) is 1. The van der Waals surface area contributed by atoms with Crippen molar-refractivity contribution in [3.8, 4) is 28.2 Å². The standard InChI is InChI=1S/C65H84N2O17/c1-35-26-36(2)28-55(79-8)60-56(80-9)30-39(5)65(77,84-60)61(73)62(74)67-24-13-12-16-48(67)63(75)83-58(38(4)29-41-17-21-50(70)54(31-41)78-7)40(6)51(71)33-52(72)42(27-35)23-25-81-64(76)66-34-47-49(69)22-20-46-57(44-15-11-10-14-37(44)3)45-19-18-43(68)32-53(45)82-59(46)47/h10-11,14-15,18-20,22,27,29,32,36,39-42,48,50-51,54-56,58,60,69-71,77H,12-13,16-17,21,23-26,28,30-31,33-34H2,1-9H3,(H,66,76)/b35-27+,38-29+/t36-,39?,40+,41?,42+,48?,50+,51?,54?,55-,56?,58+,60+,65?/m0/s1. The highest BCUT2D eigenvalue weighted by molar-refractivity contribution is 6.39. The third-order valence-electron chi connectivity index (χ3n) is 17.9. The maximum Gasteiger partial charge on any atom is 0.407 e. The van der Waals surface area contributed by atoms with Crippen molar-refractivity contribution < 1.29 is 77.2 Å². The van der Waals surface area contributed by atoms with Crippen LogP contribution in [0.3, 0.4) is 0 Å². The average Bonchev–Trinajstić information content (AvgIpc) is 3.17. The van der Waals surface area contributed by atoms with Crippen LogP contribution in [0.2, 0.25) is 0 Å². The largest absolute Gasteiger partial charge is 0.507 e. The van der Waals surface area contributed by atoms with Crippen LogP contribution in [0.1, 0.15) is 116 Å². The number of carbonyl (C=O) groups excluding carboxylic acids is 5. The average molecular weight is 1170 g/mol. The number of ether oxygens (including phenoxy) is 6. The first-order valence-electron chi connectivity index (χ1n) is 29.5. The number of amides is 2. The predicted octanol–water partition coefficient (Wildman–Crippen LogP) is 8.27. The van der Waals surface area contributed by atoms with Crippen molar-refractivity contribution >= 4 is 40.5 Å².